The molecule has 89 heavy (non-hydrogen) atoms. The van der Waals surface area contributed by atoms with Gasteiger partial charge in [-0.05, 0) is 122 Å². The van der Waals surface area contributed by atoms with Crippen molar-refractivity contribution in [3.8, 4) is 0 Å². The number of aliphatic hydroxyl groups excluding tert-OH is 2. The first-order valence-electron chi connectivity index (χ1n) is 33.8. The predicted molar refractivity (Wildman–Crippen MR) is 362 cm³/mol. The zero-order valence-corrected chi connectivity index (χ0v) is 56.8. The van der Waals surface area contributed by atoms with Crippen LogP contribution in [0.15, 0.2) is 122 Å². The Labute approximate surface area is 538 Å². The van der Waals surface area contributed by atoms with E-state index in [9.17, 15) is 43.5 Å². The number of ether oxygens (including phenoxy) is 3. The van der Waals surface area contributed by atoms with Crippen LogP contribution in [0, 0.1) is 0 Å². The van der Waals surface area contributed by atoms with Gasteiger partial charge in [0.2, 0.25) is 0 Å². The van der Waals surface area contributed by atoms with Gasteiger partial charge in [-0.15, -0.1) is 0 Å². The van der Waals surface area contributed by atoms with Gasteiger partial charge in [0.25, 0.3) is 0 Å². The van der Waals surface area contributed by atoms with E-state index in [0.29, 0.717) is 25.7 Å². The maximum Gasteiger partial charge on any atom is 0.472 e. The molecule has 0 aromatic heterocycles. The SMILES string of the molecule is CC/C=C\C/C=C\C/C=C\C/C=C\C/C=C\C/C=C\CCC(=O)OCC(O)COP(=O)(O)OCC(O)COP(=O)(O)OCC(COC(=O)CCCCCCCC/C=C\C/C=C\C/C=C\CCCCC)OC(=O)CCCCCCC/C=C\CCCCCCCC. The number of phosphoric acid groups is 2. The highest BCUT2D eigenvalue weighted by molar-refractivity contribution is 7.47. The Hall–Kier alpha value is -4.05. The van der Waals surface area contributed by atoms with Gasteiger partial charge in [-0.1, -0.05) is 232 Å². The Kier molecular flexibility index (Phi) is 61.2. The lowest BCUT2D eigenvalue weighted by atomic mass is 10.1. The molecule has 18 heteroatoms. The second kappa shape index (κ2) is 64.1. The van der Waals surface area contributed by atoms with Gasteiger partial charge in [0.1, 0.15) is 25.4 Å². The molecule has 0 aliphatic rings. The summed E-state index contributed by atoms with van der Waals surface area (Å²) in [5, 5.41) is 20.5. The van der Waals surface area contributed by atoms with Crippen molar-refractivity contribution in [2.45, 2.75) is 270 Å². The number of carbonyl (C=O) groups excluding carboxylic acids is 3. The smallest absolute Gasteiger partial charge is 0.463 e. The molecule has 0 fully saturated rings. The van der Waals surface area contributed by atoms with Crippen molar-refractivity contribution in [1.29, 1.82) is 0 Å². The van der Waals surface area contributed by atoms with Crippen molar-refractivity contribution >= 4 is 33.6 Å². The van der Waals surface area contributed by atoms with Crippen molar-refractivity contribution in [2.75, 3.05) is 39.6 Å². The molecule has 0 aliphatic carbocycles. The summed E-state index contributed by atoms with van der Waals surface area (Å²) in [5.41, 5.74) is 0. The molecule has 16 nitrogen and oxygen atoms in total. The molecule has 0 amide bonds. The van der Waals surface area contributed by atoms with Gasteiger partial charge < -0.3 is 34.2 Å². The van der Waals surface area contributed by atoms with Crippen molar-refractivity contribution in [2.24, 2.45) is 0 Å². The maximum atomic E-state index is 12.9. The van der Waals surface area contributed by atoms with Crippen LogP contribution in [0.4, 0.5) is 0 Å². The number of hydrogen-bond donors (Lipinski definition) is 4. The van der Waals surface area contributed by atoms with Crippen molar-refractivity contribution in [1.82, 2.24) is 0 Å². The molecule has 0 aliphatic heterocycles. The van der Waals surface area contributed by atoms with Crippen molar-refractivity contribution in [3.63, 3.8) is 0 Å². The van der Waals surface area contributed by atoms with E-state index in [4.69, 9.17) is 32.3 Å². The van der Waals surface area contributed by atoms with Gasteiger partial charge in [-0.2, -0.15) is 0 Å². The van der Waals surface area contributed by atoms with E-state index in [1.807, 2.05) is 18.2 Å². The lowest BCUT2D eigenvalue weighted by Crippen LogP contribution is -2.30. The lowest BCUT2D eigenvalue weighted by Gasteiger charge is -2.21. The van der Waals surface area contributed by atoms with Crippen LogP contribution in [0.25, 0.3) is 0 Å². The average Bonchev–Trinajstić information content (AvgIpc) is 3.54. The van der Waals surface area contributed by atoms with Gasteiger partial charge in [0.15, 0.2) is 6.10 Å². The number of rotatable bonds is 63. The van der Waals surface area contributed by atoms with E-state index in [2.05, 4.69) is 124 Å². The van der Waals surface area contributed by atoms with Gasteiger partial charge in [0, 0.05) is 19.3 Å². The standard InChI is InChI=1S/C71H120O16P2/c1-4-7-10-13-16-19-22-25-28-30-32-34-37-39-42-45-48-51-54-57-69(74)81-60-66(72)61-83-88(77,78)84-62-67(73)63-85-89(79,80)86-65-68(87-71(76)59-56-53-50-47-44-41-36-27-24-21-18-15-12-9-6-3)64-82-70(75)58-55-52-49-46-43-40-38-35-33-31-29-26-23-20-17-14-11-8-5-2/h7,10,16-17,19-20,25-29,32-36,39,42,48,51,66-68,72-73H,4-6,8-9,11-15,18,21-24,30-31,37-38,40-41,43-47,49-50,52-65H2,1-3H3,(H,77,78)(H,79,80)/b10-7-,19-16-,20-17-,28-25-,29-26-,34-32-,35-33-,36-27-,42-39-,51-48-. The summed E-state index contributed by atoms with van der Waals surface area (Å²) in [5.74, 6) is -1.69. The summed E-state index contributed by atoms with van der Waals surface area (Å²) in [6.45, 7) is 2.40. The Morgan fingerprint density at radius 1 is 0.326 bits per heavy atom. The summed E-state index contributed by atoms with van der Waals surface area (Å²) in [6, 6.07) is 0. The number of phosphoric ester groups is 2. The summed E-state index contributed by atoms with van der Waals surface area (Å²) >= 11 is 0. The molecule has 0 heterocycles. The predicted octanol–water partition coefficient (Wildman–Crippen LogP) is 18.6. The van der Waals surface area contributed by atoms with Gasteiger partial charge in [-0.3, -0.25) is 32.5 Å². The molecule has 0 bridgehead atoms. The Morgan fingerprint density at radius 2 is 0.618 bits per heavy atom. The third-order valence-corrected chi connectivity index (χ3v) is 15.6. The highest BCUT2D eigenvalue weighted by Gasteiger charge is 2.29. The molecule has 5 unspecified atom stereocenters. The van der Waals surface area contributed by atoms with E-state index in [-0.39, 0.29) is 19.3 Å². The number of aliphatic hydroxyl groups is 2. The Balaban J connectivity index is 4.77. The van der Waals surface area contributed by atoms with Crippen molar-refractivity contribution < 1.29 is 75.8 Å². The fourth-order valence-corrected chi connectivity index (χ4v) is 10.1. The molecule has 5 atom stereocenters. The van der Waals surface area contributed by atoms with Crippen LogP contribution in [0.1, 0.15) is 252 Å². The minimum Gasteiger partial charge on any atom is -0.463 e. The number of unbranched alkanes of at least 4 members (excludes halogenated alkanes) is 20. The Morgan fingerprint density at radius 3 is 1.04 bits per heavy atom. The number of hydrogen-bond acceptors (Lipinski definition) is 14. The highest BCUT2D eigenvalue weighted by Crippen LogP contribution is 2.45. The quantitative estimate of drug-likeness (QED) is 0.0146. The van der Waals surface area contributed by atoms with Crippen LogP contribution in [-0.4, -0.2) is 95.9 Å². The second-order valence-corrected chi connectivity index (χ2v) is 25.1. The first-order chi connectivity index (χ1) is 43.2. The van der Waals surface area contributed by atoms with Crippen LogP contribution >= 0.6 is 15.6 Å². The molecule has 0 radical (unpaired) electrons. The van der Waals surface area contributed by atoms with Crippen LogP contribution in [0.5, 0.6) is 0 Å². The summed E-state index contributed by atoms with van der Waals surface area (Å²) in [7, 11) is -9.81. The van der Waals surface area contributed by atoms with E-state index >= 15 is 0 Å². The summed E-state index contributed by atoms with van der Waals surface area (Å²) < 4.78 is 60.8. The molecule has 0 rings (SSSR count). The highest BCUT2D eigenvalue weighted by atomic mass is 31.2. The number of esters is 3. The number of allylic oxidation sites excluding steroid dienone is 20. The monoisotopic (exact) mass is 1290 g/mol. The summed E-state index contributed by atoms with van der Waals surface area (Å²) in [4.78, 5) is 58.3. The van der Waals surface area contributed by atoms with Gasteiger partial charge in [0.05, 0.1) is 26.4 Å². The van der Waals surface area contributed by atoms with Crippen molar-refractivity contribution in [3.05, 3.63) is 122 Å². The minimum absolute atomic E-state index is 0.0572. The third-order valence-electron chi connectivity index (χ3n) is 13.7. The van der Waals surface area contributed by atoms with Gasteiger partial charge in [-0.25, -0.2) is 9.13 Å². The van der Waals surface area contributed by atoms with Gasteiger partial charge >= 0.3 is 33.6 Å². The summed E-state index contributed by atoms with van der Waals surface area (Å²) in [6.07, 6.45) is 72.6. The third kappa shape index (κ3) is 65.3. The van der Waals surface area contributed by atoms with Crippen LogP contribution in [0.2, 0.25) is 0 Å². The fourth-order valence-electron chi connectivity index (χ4n) is 8.48. The minimum atomic E-state index is -4.94. The first-order valence-corrected chi connectivity index (χ1v) is 36.8. The zero-order valence-electron chi connectivity index (χ0n) is 55.1. The normalized spacial score (nSPS) is 15.0. The molecule has 510 valence electrons. The number of carbonyl (C=O) groups is 3. The lowest BCUT2D eigenvalue weighted by molar-refractivity contribution is -0.161. The molecule has 0 aromatic carbocycles. The molecule has 0 saturated carbocycles. The van der Waals surface area contributed by atoms with E-state index in [0.717, 1.165) is 128 Å². The molecule has 4 N–H and O–H groups in total. The van der Waals surface area contributed by atoms with Crippen LogP contribution < -0.4 is 0 Å². The van der Waals surface area contributed by atoms with E-state index in [1.54, 1.807) is 0 Å². The molecular formula is C71H120O16P2. The fraction of sp³-hybridized carbons (Fsp3) is 0.676. The van der Waals surface area contributed by atoms with Crippen LogP contribution in [-0.2, 0) is 55.8 Å². The Bertz CT molecular complexity index is 2110. The molecule has 0 saturated heterocycles. The maximum absolute atomic E-state index is 12.9. The zero-order chi connectivity index (χ0) is 65.3. The topological polar surface area (TPSA) is 231 Å². The largest absolute Gasteiger partial charge is 0.472 e. The first kappa shape index (κ1) is 85.0. The van der Waals surface area contributed by atoms with E-state index in [1.165, 1.54) is 57.8 Å². The van der Waals surface area contributed by atoms with Crippen LogP contribution in [0.3, 0.4) is 0 Å². The second-order valence-electron chi connectivity index (χ2n) is 22.2. The average molecular weight is 1290 g/mol. The molecule has 0 spiro atoms. The molecular weight excluding hydrogens is 1170 g/mol. The molecule has 0 aromatic rings. The van der Waals surface area contributed by atoms with E-state index < -0.39 is 91.5 Å².